The van der Waals surface area contributed by atoms with Gasteiger partial charge in [-0.15, -0.1) is 0 Å². The second kappa shape index (κ2) is 5.23. The molecule has 0 spiro atoms. The summed E-state index contributed by atoms with van der Waals surface area (Å²) in [6.45, 7) is 1.17. The highest BCUT2D eigenvalue weighted by atomic mass is 79.9. The highest BCUT2D eigenvalue weighted by molar-refractivity contribution is 9.10. The number of rotatable bonds is 5. The van der Waals surface area contributed by atoms with E-state index in [-0.39, 0.29) is 19.1 Å². The van der Waals surface area contributed by atoms with E-state index in [4.69, 9.17) is 5.11 Å². The van der Waals surface area contributed by atoms with Gasteiger partial charge < -0.3 is 15.5 Å². The number of aliphatic hydroxyl groups excluding tert-OH is 1. The fourth-order valence-electron chi connectivity index (χ4n) is 2.04. The predicted molar refractivity (Wildman–Crippen MR) is 75.8 cm³/mol. The maximum Gasteiger partial charge on any atom is 0.230 e. The first-order valence-electron chi connectivity index (χ1n) is 6.27. The first-order chi connectivity index (χ1) is 8.89. The van der Waals surface area contributed by atoms with Crippen LogP contribution >= 0.6 is 15.9 Å². The number of carbonyl (C=O) groups is 1. The van der Waals surface area contributed by atoms with Gasteiger partial charge in [-0.3, -0.25) is 4.79 Å². The normalized spacial score (nSPS) is 19.6. The van der Waals surface area contributed by atoms with Gasteiger partial charge in [0.15, 0.2) is 0 Å². The monoisotopic (exact) mass is 327 g/mol. The summed E-state index contributed by atoms with van der Waals surface area (Å²) in [6, 6.07) is 7.74. The Bertz CT molecular complexity index is 466. The molecule has 4 nitrogen and oxygen atoms in total. The lowest BCUT2D eigenvalue weighted by molar-refractivity contribution is -0.125. The third-order valence-corrected chi connectivity index (χ3v) is 4.08. The quantitative estimate of drug-likeness (QED) is 0.764. The Kier molecular flexibility index (Phi) is 3.99. The first-order valence-corrected chi connectivity index (χ1v) is 7.07. The van der Waals surface area contributed by atoms with Crippen LogP contribution in [0.2, 0.25) is 0 Å². The minimum absolute atomic E-state index is 0.0562. The average Bonchev–Trinajstić information content (AvgIpc) is 3.18. The van der Waals surface area contributed by atoms with Crippen LogP contribution < -0.4 is 5.32 Å². The number of nitrogens with one attached hydrogen (secondary N) is 1. The summed E-state index contributed by atoms with van der Waals surface area (Å²) >= 11 is 3.37. The molecule has 0 saturated heterocycles. The summed E-state index contributed by atoms with van der Waals surface area (Å²) < 4.78 is 0.982. The van der Waals surface area contributed by atoms with E-state index in [1.165, 1.54) is 6.92 Å². The van der Waals surface area contributed by atoms with Crippen LogP contribution in [-0.2, 0) is 10.2 Å². The van der Waals surface area contributed by atoms with Crippen LogP contribution in [0.25, 0.3) is 0 Å². The molecule has 1 saturated carbocycles. The van der Waals surface area contributed by atoms with Crippen LogP contribution in [0.1, 0.15) is 25.3 Å². The summed E-state index contributed by atoms with van der Waals surface area (Å²) in [6.07, 6.45) is 1.64. The fraction of sp³-hybridized carbons (Fsp3) is 0.500. The zero-order valence-corrected chi connectivity index (χ0v) is 12.4. The molecule has 3 N–H and O–H groups in total. The molecule has 1 aliphatic carbocycles. The molecule has 2 rings (SSSR count). The highest BCUT2D eigenvalue weighted by Crippen LogP contribution is 2.48. The Labute approximate surface area is 121 Å². The van der Waals surface area contributed by atoms with Gasteiger partial charge >= 0.3 is 0 Å². The molecule has 1 aromatic rings. The van der Waals surface area contributed by atoms with E-state index in [0.717, 1.165) is 22.9 Å². The number of hydrogen-bond donors (Lipinski definition) is 3. The Balaban J connectivity index is 2.04. The second-order valence-corrected chi connectivity index (χ2v) is 6.34. The van der Waals surface area contributed by atoms with Crippen molar-refractivity contribution in [3.8, 4) is 0 Å². The molecule has 0 aliphatic heterocycles. The predicted octanol–water partition coefficient (Wildman–Crippen LogP) is 1.34. The van der Waals surface area contributed by atoms with E-state index in [9.17, 15) is 9.90 Å². The van der Waals surface area contributed by atoms with E-state index in [2.05, 4.69) is 21.2 Å². The molecule has 1 aromatic carbocycles. The number of benzene rings is 1. The van der Waals surface area contributed by atoms with Crippen LogP contribution in [0.15, 0.2) is 28.7 Å². The van der Waals surface area contributed by atoms with E-state index < -0.39 is 11.0 Å². The van der Waals surface area contributed by atoms with Crippen molar-refractivity contribution >= 4 is 21.8 Å². The molecule has 5 heteroatoms. The smallest absolute Gasteiger partial charge is 0.230 e. The maximum atomic E-state index is 12.3. The lowest BCUT2D eigenvalue weighted by Gasteiger charge is -2.23. The fourth-order valence-corrected chi connectivity index (χ4v) is 2.30. The van der Waals surface area contributed by atoms with Crippen molar-refractivity contribution in [2.45, 2.75) is 30.8 Å². The van der Waals surface area contributed by atoms with Crippen molar-refractivity contribution < 1.29 is 15.0 Å². The Morgan fingerprint density at radius 1 is 1.42 bits per heavy atom. The minimum Gasteiger partial charge on any atom is -0.393 e. The maximum absolute atomic E-state index is 12.3. The van der Waals surface area contributed by atoms with Crippen molar-refractivity contribution in [2.75, 3.05) is 13.2 Å². The molecule has 0 heterocycles. The zero-order chi connectivity index (χ0) is 14.1. The van der Waals surface area contributed by atoms with Gasteiger partial charge in [-0.25, -0.2) is 0 Å². The molecule has 1 amide bonds. The van der Waals surface area contributed by atoms with Crippen LogP contribution in [0.3, 0.4) is 0 Å². The van der Waals surface area contributed by atoms with Gasteiger partial charge in [-0.2, -0.15) is 0 Å². The number of amides is 1. The molecular weight excluding hydrogens is 310 g/mol. The molecule has 104 valence electrons. The van der Waals surface area contributed by atoms with Gasteiger partial charge in [-0.1, -0.05) is 28.1 Å². The summed E-state index contributed by atoms with van der Waals surface area (Å²) in [5.74, 6) is -0.0800. The molecule has 0 aromatic heterocycles. The second-order valence-electron chi connectivity index (χ2n) is 5.43. The third kappa shape index (κ3) is 3.16. The number of hydrogen-bond acceptors (Lipinski definition) is 3. The minimum atomic E-state index is -1.27. The topological polar surface area (TPSA) is 69.6 Å². The average molecular weight is 328 g/mol. The van der Waals surface area contributed by atoms with Crippen LogP contribution in [0.5, 0.6) is 0 Å². The van der Waals surface area contributed by atoms with Crippen molar-refractivity contribution in [2.24, 2.45) is 0 Å². The molecule has 1 unspecified atom stereocenters. The van der Waals surface area contributed by atoms with Crippen molar-refractivity contribution in [3.05, 3.63) is 34.3 Å². The zero-order valence-electron chi connectivity index (χ0n) is 10.8. The molecule has 1 fully saturated rings. The third-order valence-electron chi connectivity index (χ3n) is 3.55. The van der Waals surface area contributed by atoms with Gasteiger partial charge in [0.1, 0.15) is 5.60 Å². The Morgan fingerprint density at radius 2 is 2.00 bits per heavy atom. The summed E-state index contributed by atoms with van der Waals surface area (Å²) in [5, 5.41) is 21.4. The van der Waals surface area contributed by atoms with Gasteiger partial charge in [0.05, 0.1) is 12.0 Å². The lowest BCUT2D eigenvalue weighted by Crippen LogP contribution is -2.46. The number of carbonyl (C=O) groups excluding carboxylic acids is 1. The summed E-state index contributed by atoms with van der Waals surface area (Å²) in [5.41, 5.74) is -0.727. The van der Waals surface area contributed by atoms with Crippen molar-refractivity contribution in [1.82, 2.24) is 5.32 Å². The molecule has 19 heavy (non-hydrogen) atoms. The molecule has 1 aliphatic rings. The van der Waals surface area contributed by atoms with Gasteiger partial charge in [0.25, 0.3) is 0 Å². The van der Waals surface area contributed by atoms with E-state index in [0.29, 0.717) is 0 Å². The SMILES string of the molecule is CC(O)(CO)CNC(=O)C1(c2ccc(Br)cc2)CC1. The standard InChI is InChI=1S/C14H18BrNO3/c1-13(19,9-17)8-16-12(18)14(6-7-14)10-2-4-11(15)5-3-10/h2-5,17,19H,6-9H2,1H3,(H,16,18). The van der Waals surface area contributed by atoms with Crippen LogP contribution in [-0.4, -0.2) is 34.9 Å². The Morgan fingerprint density at radius 3 is 2.47 bits per heavy atom. The number of halogens is 1. The largest absolute Gasteiger partial charge is 0.393 e. The van der Waals surface area contributed by atoms with Crippen LogP contribution in [0, 0.1) is 0 Å². The van der Waals surface area contributed by atoms with Gasteiger partial charge in [0, 0.05) is 11.0 Å². The van der Waals surface area contributed by atoms with Crippen LogP contribution in [0.4, 0.5) is 0 Å². The van der Waals surface area contributed by atoms with Gasteiger partial charge in [-0.05, 0) is 37.5 Å². The molecular formula is C14H18BrNO3. The van der Waals surface area contributed by atoms with E-state index >= 15 is 0 Å². The summed E-state index contributed by atoms with van der Waals surface area (Å²) in [7, 11) is 0. The van der Waals surface area contributed by atoms with Crippen molar-refractivity contribution in [3.63, 3.8) is 0 Å². The van der Waals surface area contributed by atoms with E-state index in [1.54, 1.807) is 0 Å². The van der Waals surface area contributed by atoms with Crippen molar-refractivity contribution in [1.29, 1.82) is 0 Å². The Hall–Kier alpha value is -0.910. The molecule has 0 radical (unpaired) electrons. The first kappa shape index (κ1) is 14.5. The lowest BCUT2D eigenvalue weighted by atomic mass is 9.94. The molecule has 0 bridgehead atoms. The number of aliphatic hydroxyl groups is 2. The molecule has 1 atom stereocenters. The van der Waals surface area contributed by atoms with E-state index in [1.807, 2.05) is 24.3 Å². The summed E-state index contributed by atoms with van der Waals surface area (Å²) in [4.78, 5) is 12.3. The van der Waals surface area contributed by atoms with Gasteiger partial charge in [0.2, 0.25) is 5.91 Å². The highest BCUT2D eigenvalue weighted by Gasteiger charge is 2.51.